The van der Waals surface area contributed by atoms with E-state index in [2.05, 4.69) is 258 Å². The molecule has 0 aliphatic heterocycles. The molecule has 10 aromatic carbocycles. The summed E-state index contributed by atoms with van der Waals surface area (Å²) in [6.45, 7) is 0. The van der Waals surface area contributed by atoms with Gasteiger partial charge in [0.15, 0.2) is 0 Å². The summed E-state index contributed by atoms with van der Waals surface area (Å²) < 4.78 is 2.48. The summed E-state index contributed by atoms with van der Waals surface area (Å²) in [5, 5.41) is 5.03. The highest BCUT2D eigenvalue weighted by atomic mass is 15.1. The molecule has 5 aliphatic carbocycles. The van der Waals surface area contributed by atoms with Gasteiger partial charge in [0.25, 0.3) is 0 Å². The van der Waals surface area contributed by atoms with Gasteiger partial charge in [-0.15, -0.1) is 0 Å². The Bertz CT molecular complexity index is 3940. The van der Waals surface area contributed by atoms with Crippen molar-refractivity contribution < 1.29 is 0 Å². The highest BCUT2D eigenvalue weighted by Crippen LogP contribution is 2.59. The van der Waals surface area contributed by atoms with Crippen LogP contribution in [-0.2, 0) is 10.8 Å². The second-order valence-electron chi connectivity index (χ2n) is 21.2. The fourth-order valence-corrected chi connectivity index (χ4v) is 14.4. The highest BCUT2D eigenvalue weighted by molar-refractivity contribution is 6.14. The maximum atomic E-state index is 3.75. The van der Waals surface area contributed by atoms with Gasteiger partial charge in [0.1, 0.15) is 0 Å². The van der Waals surface area contributed by atoms with Gasteiger partial charge in [-0.3, -0.25) is 0 Å². The Labute approximate surface area is 421 Å². The van der Waals surface area contributed by atoms with Gasteiger partial charge in [-0.05, 0) is 159 Å². The Hall–Kier alpha value is -8.38. The van der Waals surface area contributed by atoms with Crippen molar-refractivity contribution in [3.05, 3.63) is 264 Å². The molecule has 2 saturated carbocycles. The minimum Gasteiger partial charge on any atom is -0.310 e. The molecular weight excluding hydrogens is 869 g/mol. The zero-order valence-electron chi connectivity index (χ0n) is 40.2. The lowest BCUT2D eigenvalue weighted by Gasteiger charge is -2.48. The van der Waals surface area contributed by atoms with Crippen LogP contribution in [0.25, 0.3) is 60.5 Å². The van der Waals surface area contributed by atoms with Crippen LogP contribution in [0, 0.1) is 29.6 Å². The van der Waals surface area contributed by atoms with Gasteiger partial charge in [0.05, 0.1) is 22.1 Å². The lowest BCUT2D eigenvalue weighted by atomic mass is 9.55. The fraction of sp³-hybridized carbons (Fsp3) is 0.143. The molecule has 72 heavy (non-hydrogen) atoms. The van der Waals surface area contributed by atoms with Gasteiger partial charge < -0.3 is 9.47 Å². The molecular formula is C70H52N2. The first-order chi connectivity index (χ1) is 35.6. The van der Waals surface area contributed by atoms with E-state index in [1.807, 2.05) is 0 Å². The van der Waals surface area contributed by atoms with Crippen LogP contribution in [0.15, 0.2) is 237 Å². The first kappa shape index (κ1) is 41.4. The van der Waals surface area contributed by atoms with Crippen LogP contribution in [0.2, 0.25) is 0 Å². The van der Waals surface area contributed by atoms with Gasteiger partial charge >= 0.3 is 0 Å². The monoisotopic (exact) mass is 920 g/mol. The maximum Gasteiger partial charge on any atom is 0.0714 e. The van der Waals surface area contributed by atoms with Crippen molar-refractivity contribution in [3.8, 4) is 39.8 Å². The van der Waals surface area contributed by atoms with Crippen LogP contribution < -0.4 is 4.90 Å². The molecule has 0 N–H and O–H groups in total. The fourth-order valence-electron chi connectivity index (χ4n) is 14.4. The molecule has 2 fully saturated rings. The van der Waals surface area contributed by atoms with E-state index < -0.39 is 5.41 Å². The third-order valence-electron chi connectivity index (χ3n) is 17.2. The van der Waals surface area contributed by atoms with Gasteiger partial charge in [0.2, 0.25) is 0 Å². The molecule has 0 amide bonds. The Morgan fingerprint density at radius 2 is 1.00 bits per heavy atom. The molecule has 5 aliphatic rings. The average molecular weight is 921 g/mol. The van der Waals surface area contributed by atoms with E-state index in [0.29, 0.717) is 11.8 Å². The van der Waals surface area contributed by atoms with Gasteiger partial charge in [-0.1, -0.05) is 188 Å². The predicted molar refractivity (Wildman–Crippen MR) is 299 cm³/mol. The van der Waals surface area contributed by atoms with Crippen LogP contribution in [0.3, 0.4) is 0 Å². The summed E-state index contributed by atoms with van der Waals surface area (Å²) in [5.74, 6) is 9.23. The van der Waals surface area contributed by atoms with Crippen molar-refractivity contribution in [3.63, 3.8) is 0 Å². The quantitative estimate of drug-likeness (QED) is 0.138. The number of rotatable bonds is 8. The molecule has 11 aromatic rings. The molecule has 2 heteroatoms. The van der Waals surface area contributed by atoms with Crippen molar-refractivity contribution in [2.45, 2.75) is 42.9 Å². The van der Waals surface area contributed by atoms with Gasteiger partial charge in [0, 0.05) is 45.2 Å². The molecule has 4 bridgehead atoms. The Balaban J connectivity index is 0.913. The summed E-state index contributed by atoms with van der Waals surface area (Å²) in [5.41, 5.74) is 18.3. The van der Waals surface area contributed by atoms with Crippen molar-refractivity contribution in [1.29, 1.82) is 0 Å². The lowest BCUT2D eigenvalue weighted by molar-refractivity contribution is 0.109. The van der Waals surface area contributed by atoms with Crippen LogP contribution >= 0.6 is 0 Å². The summed E-state index contributed by atoms with van der Waals surface area (Å²) in [6.07, 6.45) is 6.13. The van der Waals surface area contributed by atoms with Crippen LogP contribution in [-0.4, -0.2) is 4.57 Å². The lowest BCUT2D eigenvalue weighted by Crippen LogP contribution is -2.41. The molecule has 342 valence electrons. The molecule has 0 saturated heterocycles. The van der Waals surface area contributed by atoms with Crippen LogP contribution in [0.1, 0.15) is 59.9 Å². The second-order valence-corrected chi connectivity index (χ2v) is 21.2. The van der Waals surface area contributed by atoms with E-state index in [1.54, 1.807) is 0 Å². The van der Waals surface area contributed by atoms with Crippen molar-refractivity contribution in [2.24, 2.45) is 17.8 Å². The highest BCUT2D eigenvalue weighted by Gasteiger charge is 2.49. The van der Waals surface area contributed by atoms with Crippen LogP contribution in [0.4, 0.5) is 17.1 Å². The van der Waals surface area contributed by atoms with E-state index in [9.17, 15) is 0 Å². The van der Waals surface area contributed by atoms with E-state index in [0.717, 1.165) is 17.3 Å². The molecule has 1 aromatic heterocycles. The summed E-state index contributed by atoms with van der Waals surface area (Å²) >= 11 is 0. The van der Waals surface area contributed by atoms with Crippen molar-refractivity contribution in [1.82, 2.24) is 4.57 Å². The first-order valence-electron chi connectivity index (χ1n) is 26.0. The number of hydrogen-bond acceptors (Lipinski definition) is 1. The minimum atomic E-state index is -0.512. The largest absolute Gasteiger partial charge is 0.310 e. The van der Waals surface area contributed by atoms with Gasteiger partial charge in [-0.25, -0.2) is 0 Å². The van der Waals surface area contributed by atoms with E-state index in [4.69, 9.17) is 0 Å². The standard InChI is InChI=1S/C70H52N2/c1-3-18-53(19-4-1)70(54-20-5-2-6-21-54)64-27-12-9-25-60(64)61-37-36-58(43-65(61)70)71(57-23-15-22-55(42-57)69-44-47-30-31-48(45-69)39-49(38-47)46-69)56-34-32-50(33-35-56)59-24-10-13-28-66(59)72-67-29-14-11-26-62(67)63-40-51-16-7-8-17-52(51)41-68(63)72/h1-29,32-37,40-43,47-49H,38-39,44-46H2/t47-,48-,49?,69?/m0/s1. The molecule has 2 nitrogen and oxygen atoms in total. The third-order valence-corrected chi connectivity index (χ3v) is 17.2. The van der Waals surface area contributed by atoms with Gasteiger partial charge in [-0.2, -0.15) is 0 Å². The number of aromatic nitrogens is 1. The Kier molecular flexibility index (Phi) is 9.24. The topological polar surface area (TPSA) is 8.17 Å². The number of hydrogen-bond donors (Lipinski definition) is 0. The predicted octanol–water partition coefficient (Wildman–Crippen LogP) is 17.5. The minimum absolute atomic E-state index is 0.136. The number of anilines is 3. The molecule has 16 rings (SSSR count). The summed E-state index contributed by atoms with van der Waals surface area (Å²) in [4.78, 5) is 2.53. The van der Waals surface area contributed by atoms with E-state index in [1.165, 1.54) is 126 Å². The van der Waals surface area contributed by atoms with Crippen LogP contribution in [0.5, 0.6) is 0 Å². The Morgan fingerprint density at radius 3 is 1.76 bits per heavy atom. The summed E-state index contributed by atoms with van der Waals surface area (Å²) in [6, 6.07) is 89.0. The number of benzene rings is 10. The third kappa shape index (κ3) is 6.23. The zero-order valence-corrected chi connectivity index (χ0v) is 40.2. The zero-order chi connectivity index (χ0) is 47.4. The molecule has 0 radical (unpaired) electrons. The average Bonchev–Trinajstić information content (AvgIpc) is 3.81. The number of para-hydroxylation sites is 2. The first-order valence-corrected chi connectivity index (χ1v) is 26.0. The molecule has 0 unspecified atom stereocenters. The SMILES string of the molecule is C1#C[C@H]2CC3C[C@H]1CC(c1cccc(N(c4ccc(-c5ccccc5-n5c6ccccc6c6cc7ccccc7cc65)cc4)c4ccc5c(c4)C(c4ccccc4)(c4ccccc4)c4ccccc4-5)c1)(C3)C2. The Morgan fingerprint density at radius 1 is 0.403 bits per heavy atom. The van der Waals surface area contributed by atoms with Crippen molar-refractivity contribution >= 4 is 49.6 Å². The number of fused-ring (bicyclic) bond motifs is 7. The normalized spacial score (nSPS) is 20.0. The smallest absolute Gasteiger partial charge is 0.0714 e. The molecule has 1 heterocycles. The van der Waals surface area contributed by atoms with E-state index >= 15 is 0 Å². The second kappa shape index (κ2) is 16.1. The van der Waals surface area contributed by atoms with Crippen molar-refractivity contribution in [2.75, 3.05) is 4.90 Å². The molecule has 0 spiro atoms. The molecule has 2 atom stereocenters. The maximum absolute atomic E-state index is 3.75. The van der Waals surface area contributed by atoms with E-state index in [-0.39, 0.29) is 5.41 Å². The summed E-state index contributed by atoms with van der Waals surface area (Å²) in [7, 11) is 0. The number of nitrogens with zero attached hydrogens (tertiary/aromatic N) is 2.